The number of carbonyl (C=O) groups is 2. The Bertz CT molecular complexity index is 1100. The maximum absolute atomic E-state index is 13.4. The molecule has 2 aromatic heterocycles. The first-order valence-corrected chi connectivity index (χ1v) is 12.4. The average Bonchev–Trinajstić information content (AvgIpc) is 3.55. The van der Waals surface area contributed by atoms with E-state index >= 15 is 0 Å². The summed E-state index contributed by atoms with van der Waals surface area (Å²) in [5.41, 5.74) is 0.759. The van der Waals surface area contributed by atoms with Gasteiger partial charge in [-0.05, 0) is 37.0 Å². The van der Waals surface area contributed by atoms with Crippen molar-refractivity contribution in [3.05, 3.63) is 65.4 Å². The largest absolute Gasteiger partial charge is 0.393 e. The lowest BCUT2D eigenvalue weighted by atomic mass is 10.1. The summed E-state index contributed by atoms with van der Waals surface area (Å²) in [6.07, 6.45) is 8.50. The fourth-order valence-electron chi connectivity index (χ4n) is 3.85. The van der Waals surface area contributed by atoms with Gasteiger partial charge in [0.15, 0.2) is 5.13 Å². The van der Waals surface area contributed by atoms with Gasteiger partial charge in [0.1, 0.15) is 10.7 Å². The highest BCUT2D eigenvalue weighted by atomic mass is 32.1. The first-order chi connectivity index (χ1) is 17.0. The number of benzene rings is 1. The maximum atomic E-state index is 13.4. The van der Waals surface area contributed by atoms with Gasteiger partial charge in [0.05, 0.1) is 31.7 Å². The maximum Gasteiger partial charge on any atom is 0.263 e. The van der Waals surface area contributed by atoms with Gasteiger partial charge in [-0.15, -0.1) is 0 Å². The third kappa shape index (κ3) is 7.17. The summed E-state index contributed by atoms with van der Waals surface area (Å²) in [7, 11) is 0. The number of hydrogen-bond acceptors (Lipinski definition) is 7. The summed E-state index contributed by atoms with van der Waals surface area (Å²) in [5, 5.41) is 13.0. The number of aliphatic hydroxyl groups is 1. The molecule has 0 aliphatic carbocycles. The standard InChI is InChI=1S/C24H29FN6O3S/c25-19-4-2-18(3-5-19)15-31(22(33)16-29-11-6-20(32)7-12-29)24-28-14-21(35-24)23(34)27-8-1-10-30-13-9-26-17-30/h2-5,9,13-14,17,20,32H,1,6-8,10-12,15-16H2,(H,27,34). The normalized spacial score (nSPS) is 14.7. The summed E-state index contributed by atoms with van der Waals surface area (Å²) in [6, 6.07) is 5.98. The van der Waals surface area contributed by atoms with Gasteiger partial charge >= 0.3 is 0 Å². The molecule has 0 unspecified atom stereocenters. The first kappa shape index (κ1) is 25.0. The number of amides is 2. The van der Waals surface area contributed by atoms with E-state index in [1.807, 2.05) is 15.7 Å². The predicted molar refractivity (Wildman–Crippen MR) is 131 cm³/mol. The summed E-state index contributed by atoms with van der Waals surface area (Å²) < 4.78 is 15.3. The van der Waals surface area contributed by atoms with Crippen LogP contribution in [0.4, 0.5) is 9.52 Å². The molecule has 11 heteroatoms. The second-order valence-corrected chi connectivity index (χ2v) is 9.54. The zero-order valence-corrected chi connectivity index (χ0v) is 20.2. The number of aryl methyl sites for hydroxylation is 1. The molecule has 0 bridgehead atoms. The molecule has 186 valence electrons. The monoisotopic (exact) mass is 500 g/mol. The van der Waals surface area contributed by atoms with Crippen molar-refractivity contribution in [2.45, 2.75) is 38.5 Å². The van der Waals surface area contributed by atoms with Gasteiger partial charge in [-0.3, -0.25) is 19.4 Å². The minimum absolute atomic E-state index is 0.160. The third-order valence-corrected chi connectivity index (χ3v) is 6.88. The van der Waals surface area contributed by atoms with Gasteiger partial charge in [-0.1, -0.05) is 23.5 Å². The zero-order valence-electron chi connectivity index (χ0n) is 19.3. The molecule has 2 N–H and O–H groups in total. The molecule has 0 saturated carbocycles. The number of carbonyl (C=O) groups excluding carboxylic acids is 2. The summed E-state index contributed by atoms with van der Waals surface area (Å²) in [6.45, 7) is 2.94. The van der Waals surface area contributed by atoms with Crippen molar-refractivity contribution < 1.29 is 19.1 Å². The van der Waals surface area contributed by atoms with E-state index in [1.54, 1.807) is 29.6 Å². The topological polar surface area (TPSA) is 104 Å². The number of nitrogens with zero attached hydrogens (tertiary/aromatic N) is 5. The lowest BCUT2D eigenvalue weighted by Gasteiger charge is -2.30. The molecule has 4 rings (SSSR count). The summed E-state index contributed by atoms with van der Waals surface area (Å²) >= 11 is 1.15. The average molecular weight is 501 g/mol. The fourth-order valence-corrected chi connectivity index (χ4v) is 4.70. The first-order valence-electron chi connectivity index (χ1n) is 11.6. The van der Waals surface area contributed by atoms with Crippen molar-refractivity contribution in [2.24, 2.45) is 0 Å². The van der Waals surface area contributed by atoms with Gasteiger partial charge in [0, 0.05) is 38.6 Å². The highest BCUT2D eigenvalue weighted by Crippen LogP contribution is 2.25. The number of aromatic nitrogens is 3. The van der Waals surface area contributed by atoms with Crippen LogP contribution < -0.4 is 10.2 Å². The van der Waals surface area contributed by atoms with Crippen LogP contribution in [0.5, 0.6) is 0 Å². The van der Waals surface area contributed by atoms with Gasteiger partial charge in [0.25, 0.3) is 5.91 Å². The smallest absolute Gasteiger partial charge is 0.263 e. The molecule has 35 heavy (non-hydrogen) atoms. The van der Waals surface area contributed by atoms with E-state index in [0.29, 0.717) is 42.5 Å². The Hall–Kier alpha value is -3.15. The Morgan fingerprint density at radius 1 is 1.23 bits per heavy atom. The molecule has 3 heterocycles. The number of halogens is 1. The van der Waals surface area contributed by atoms with Crippen molar-refractivity contribution >= 4 is 28.3 Å². The van der Waals surface area contributed by atoms with Crippen LogP contribution in [-0.2, 0) is 17.9 Å². The lowest BCUT2D eigenvalue weighted by Crippen LogP contribution is -2.44. The van der Waals surface area contributed by atoms with Gasteiger partial charge in [0.2, 0.25) is 5.91 Å². The number of imidazole rings is 1. The van der Waals surface area contributed by atoms with E-state index in [9.17, 15) is 19.1 Å². The van der Waals surface area contributed by atoms with E-state index in [1.165, 1.54) is 18.3 Å². The summed E-state index contributed by atoms with van der Waals surface area (Å²) in [4.78, 5) is 38.2. The number of anilines is 1. The quantitative estimate of drug-likeness (QED) is 0.414. The molecule has 1 aromatic carbocycles. The van der Waals surface area contributed by atoms with E-state index in [2.05, 4.69) is 15.3 Å². The van der Waals surface area contributed by atoms with Crippen LogP contribution in [0, 0.1) is 5.82 Å². The van der Waals surface area contributed by atoms with E-state index in [0.717, 1.165) is 29.9 Å². The molecular weight excluding hydrogens is 471 g/mol. The molecule has 0 spiro atoms. The van der Waals surface area contributed by atoms with Crippen molar-refractivity contribution in [1.29, 1.82) is 0 Å². The van der Waals surface area contributed by atoms with Gasteiger partial charge < -0.3 is 15.0 Å². The highest BCUT2D eigenvalue weighted by molar-refractivity contribution is 7.17. The molecule has 0 atom stereocenters. The van der Waals surface area contributed by atoms with Crippen molar-refractivity contribution in [1.82, 2.24) is 24.8 Å². The van der Waals surface area contributed by atoms with Crippen molar-refractivity contribution in [3.63, 3.8) is 0 Å². The Kier molecular flexibility index (Phi) is 8.56. The van der Waals surface area contributed by atoms with Crippen LogP contribution in [-0.4, -0.2) is 68.6 Å². The second-order valence-electron chi connectivity index (χ2n) is 8.53. The molecule has 3 aromatic rings. The fraction of sp³-hybridized carbons (Fsp3) is 0.417. The number of hydrogen-bond donors (Lipinski definition) is 2. The number of nitrogens with one attached hydrogen (secondary N) is 1. The number of rotatable bonds is 10. The molecular formula is C24H29FN6O3S. The van der Waals surface area contributed by atoms with Crippen LogP contribution >= 0.6 is 11.3 Å². The molecule has 1 aliphatic heterocycles. The van der Waals surface area contributed by atoms with E-state index in [4.69, 9.17) is 0 Å². The Morgan fingerprint density at radius 3 is 2.71 bits per heavy atom. The van der Waals surface area contributed by atoms with Crippen LogP contribution in [0.1, 0.15) is 34.5 Å². The van der Waals surface area contributed by atoms with Crippen LogP contribution in [0.25, 0.3) is 0 Å². The lowest BCUT2D eigenvalue weighted by molar-refractivity contribution is -0.120. The molecule has 1 fully saturated rings. The Balaban J connectivity index is 1.40. The van der Waals surface area contributed by atoms with E-state index < -0.39 is 0 Å². The zero-order chi connectivity index (χ0) is 24.6. The summed E-state index contributed by atoms with van der Waals surface area (Å²) in [5.74, 6) is -0.745. The minimum atomic E-state index is -0.347. The SMILES string of the molecule is O=C(NCCCn1ccnc1)c1cnc(N(Cc2ccc(F)cc2)C(=O)CN2CCC(O)CC2)s1. The molecule has 0 radical (unpaired) electrons. The van der Waals surface area contributed by atoms with Crippen LogP contribution in [0.3, 0.4) is 0 Å². The number of piperidine rings is 1. The van der Waals surface area contributed by atoms with Crippen molar-refractivity contribution in [2.75, 3.05) is 31.1 Å². The molecule has 9 nitrogen and oxygen atoms in total. The molecule has 1 saturated heterocycles. The molecule has 2 amide bonds. The van der Waals surface area contributed by atoms with E-state index in [-0.39, 0.29) is 36.8 Å². The Morgan fingerprint density at radius 2 is 2.00 bits per heavy atom. The number of likely N-dealkylation sites (tertiary alicyclic amines) is 1. The van der Waals surface area contributed by atoms with Gasteiger partial charge in [-0.2, -0.15) is 0 Å². The Labute approximate surface area is 207 Å². The van der Waals surface area contributed by atoms with Crippen LogP contribution in [0.15, 0.2) is 49.2 Å². The minimum Gasteiger partial charge on any atom is -0.393 e. The predicted octanol–water partition coefficient (Wildman–Crippen LogP) is 2.29. The molecule has 1 aliphatic rings. The second kappa shape index (κ2) is 12.0. The van der Waals surface area contributed by atoms with Crippen molar-refractivity contribution in [3.8, 4) is 0 Å². The highest BCUT2D eigenvalue weighted by Gasteiger charge is 2.25. The van der Waals surface area contributed by atoms with Gasteiger partial charge in [-0.25, -0.2) is 14.4 Å². The number of aliphatic hydroxyl groups excluding tert-OH is 1. The number of thiazole rings is 1. The third-order valence-electron chi connectivity index (χ3n) is 5.86. The van der Waals surface area contributed by atoms with Crippen LogP contribution in [0.2, 0.25) is 0 Å².